The minimum atomic E-state index is -1.00. The largest absolute Gasteiger partial charge is 0.370 e. The summed E-state index contributed by atoms with van der Waals surface area (Å²) in [5.74, 6) is -2.13. The number of nitrogens with one attached hydrogen (secondary N) is 5. The SMILES string of the molecule is CC[C@H](NC(=O)[C@H](CCCNC(=N)N)NC(=O)C1(NC(C)=O)CCC1)C(N)=O. The minimum absolute atomic E-state index is 0.191. The van der Waals surface area contributed by atoms with Crippen molar-refractivity contribution in [1.29, 1.82) is 5.41 Å². The van der Waals surface area contributed by atoms with Gasteiger partial charge in [-0.3, -0.25) is 24.6 Å². The summed E-state index contributed by atoms with van der Waals surface area (Å²) in [4.78, 5) is 48.2. The molecule has 0 aromatic heterocycles. The summed E-state index contributed by atoms with van der Waals surface area (Å²) >= 11 is 0. The Kier molecular flexibility index (Phi) is 8.68. The molecule has 0 saturated heterocycles. The van der Waals surface area contributed by atoms with Gasteiger partial charge >= 0.3 is 0 Å². The van der Waals surface area contributed by atoms with Crippen molar-refractivity contribution in [2.24, 2.45) is 11.5 Å². The number of carbonyl (C=O) groups is 4. The summed E-state index contributed by atoms with van der Waals surface area (Å²) in [6, 6.07) is -1.75. The van der Waals surface area contributed by atoms with Gasteiger partial charge in [-0.05, 0) is 38.5 Å². The van der Waals surface area contributed by atoms with Gasteiger partial charge in [-0.2, -0.15) is 0 Å². The number of hydrogen-bond acceptors (Lipinski definition) is 5. The van der Waals surface area contributed by atoms with E-state index in [1.54, 1.807) is 6.92 Å². The lowest BCUT2D eigenvalue weighted by atomic mass is 9.75. The first kappa shape index (κ1) is 23.2. The van der Waals surface area contributed by atoms with E-state index in [9.17, 15) is 19.2 Å². The molecule has 0 aromatic carbocycles. The van der Waals surface area contributed by atoms with Crippen LogP contribution in [0.25, 0.3) is 0 Å². The first-order valence-electron chi connectivity index (χ1n) is 9.38. The molecule has 1 saturated carbocycles. The maximum atomic E-state index is 12.8. The molecule has 11 nitrogen and oxygen atoms in total. The number of carbonyl (C=O) groups excluding carboxylic acids is 4. The zero-order valence-corrected chi connectivity index (χ0v) is 16.4. The third-order valence-corrected chi connectivity index (χ3v) is 4.73. The van der Waals surface area contributed by atoms with Crippen LogP contribution in [0.5, 0.6) is 0 Å². The second-order valence-corrected chi connectivity index (χ2v) is 7.00. The zero-order valence-electron chi connectivity index (χ0n) is 16.4. The average Bonchev–Trinajstić information content (AvgIpc) is 2.57. The number of hydrogen-bond donors (Lipinski definition) is 7. The lowest BCUT2D eigenvalue weighted by Crippen LogP contribution is -2.65. The van der Waals surface area contributed by atoms with Crippen LogP contribution in [0.3, 0.4) is 0 Å². The number of amides is 4. The Bertz CT molecular complexity index is 619. The molecule has 0 aliphatic heterocycles. The number of guanidine groups is 1. The van der Waals surface area contributed by atoms with Crippen LogP contribution in [0.2, 0.25) is 0 Å². The predicted octanol–water partition coefficient (Wildman–Crippen LogP) is -1.83. The Labute approximate surface area is 164 Å². The van der Waals surface area contributed by atoms with Gasteiger partial charge in [0.15, 0.2) is 5.96 Å². The van der Waals surface area contributed by atoms with Crippen LogP contribution in [-0.2, 0) is 19.2 Å². The molecule has 0 radical (unpaired) electrons. The molecule has 2 atom stereocenters. The summed E-state index contributed by atoms with van der Waals surface area (Å²) in [7, 11) is 0. The van der Waals surface area contributed by atoms with Gasteiger partial charge in [-0.1, -0.05) is 6.92 Å². The van der Waals surface area contributed by atoms with E-state index in [-0.39, 0.29) is 18.3 Å². The molecule has 1 aliphatic rings. The highest BCUT2D eigenvalue weighted by Gasteiger charge is 2.45. The second-order valence-electron chi connectivity index (χ2n) is 7.00. The molecule has 0 unspecified atom stereocenters. The van der Waals surface area contributed by atoms with Crippen LogP contribution >= 0.6 is 0 Å². The Balaban J connectivity index is 2.82. The first-order valence-corrected chi connectivity index (χ1v) is 9.38. The summed E-state index contributed by atoms with van der Waals surface area (Å²) in [6.45, 7) is 3.39. The van der Waals surface area contributed by atoms with Crippen molar-refractivity contribution in [3.05, 3.63) is 0 Å². The normalized spacial score (nSPS) is 16.6. The van der Waals surface area contributed by atoms with E-state index in [4.69, 9.17) is 16.9 Å². The second kappa shape index (κ2) is 10.5. The van der Waals surface area contributed by atoms with Crippen LogP contribution in [-0.4, -0.2) is 53.8 Å². The molecule has 9 N–H and O–H groups in total. The third kappa shape index (κ3) is 6.71. The fourth-order valence-corrected chi connectivity index (χ4v) is 3.02. The molecule has 28 heavy (non-hydrogen) atoms. The molecule has 0 bridgehead atoms. The molecular formula is C17H31N7O4. The molecule has 1 fully saturated rings. The lowest BCUT2D eigenvalue weighted by Gasteiger charge is -2.41. The fourth-order valence-electron chi connectivity index (χ4n) is 3.02. The average molecular weight is 397 g/mol. The van der Waals surface area contributed by atoms with Crippen molar-refractivity contribution in [1.82, 2.24) is 21.3 Å². The van der Waals surface area contributed by atoms with E-state index in [0.717, 1.165) is 6.42 Å². The van der Waals surface area contributed by atoms with E-state index < -0.39 is 35.3 Å². The third-order valence-electron chi connectivity index (χ3n) is 4.73. The maximum Gasteiger partial charge on any atom is 0.246 e. The van der Waals surface area contributed by atoms with Crippen molar-refractivity contribution < 1.29 is 19.2 Å². The minimum Gasteiger partial charge on any atom is -0.370 e. The van der Waals surface area contributed by atoms with E-state index in [0.29, 0.717) is 32.2 Å². The Morgan fingerprint density at radius 3 is 2.18 bits per heavy atom. The van der Waals surface area contributed by atoms with Gasteiger partial charge in [0.2, 0.25) is 23.6 Å². The molecular weight excluding hydrogens is 366 g/mol. The van der Waals surface area contributed by atoms with Gasteiger partial charge in [-0.15, -0.1) is 0 Å². The summed E-state index contributed by atoms with van der Waals surface area (Å²) in [5, 5.41) is 17.7. The van der Waals surface area contributed by atoms with E-state index in [1.807, 2.05) is 0 Å². The Hall–Kier alpha value is -2.85. The molecule has 1 rings (SSSR count). The number of rotatable bonds is 11. The van der Waals surface area contributed by atoms with Gasteiger partial charge in [0.1, 0.15) is 17.6 Å². The Morgan fingerprint density at radius 1 is 1.11 bits per heavy atom. The highest BCUT2D eigenvalue weighted by molar-refractivity contribution is 5.96. The summed E-state index contributed by atoms with van der Waals surface area (Å²) in [5.41, 5.74) is 9.49. The zero-order chi connectivity index (χ0) is 21.3. The number of nitrogens with two attached hydrogens (primary N) is 2. The van der Waals surface area contributed by atoms with Crippen LogP contribution in [0.4, 0.5) is 0 Å². The van der Waals surface area contributed by atoms with E-state index in [2.05, 4.69) is 21.3 Å². The van der Waals surface area contributed by atoms with Crippen molar-refractivity contribution >= 4 is 29.6 Å². The monoisotopic (exact) mass is 397 g/mol. The van der Waals surface area contributed by atoms with Crippen molar-refractivity contribution in [2.45, 2.75) is 70.0 Å². The highest BCUT2D eigenvalue weighted by atomic mass is 16.2. The van der Waals surface area contributed by atoms with Crippen molar-refractivity contribution in [3.8, 4) is 0 Å². The van der Waals surface area contributed by atoms with Gasteiger partial charge in [0, 0.05) is 13.5 Å². The topological polar surface area (TPSA) is 192 Å². The quantitative estimate of drug-likeness (QED) is 0.122. The Morgan fingerprint density at radius 2 is 1.75 bits per heavy atom. The molecule has 0 aromatic rings. The summed E-state index contributed by atoms with van der Waals surface area (Å²) in [6.07, 6.45) is 2.81. The molecule has 158 valence electrons. The van der Waals surface area contributed by atoms with E-state index >= 15 is 0 Å². The predicted molar refractivity (Wildman–Crippen MR) is 103 cm³/mol. The molecule has 1 aliphatic carbocycles. The fraction of sp³-hybridized carbons (Fsp3) is 0.706. The first-order chi connectivity index (χ1) is 13.1. The summed E-state index contributed by atoms with van der Waals surface area (Å²) < 4.78 is 0. The van der Waals surface area contributed by atoms with E-state index in [1.165, 1.54) is 6.92 Å². The van der Waals surface area contributed by atoms with Gasteiger partial charge in [0.25, 0.3) is 0 Å². The van der Waals surface area contributed by atoms with Crippen LogP contribution < -0.4 is 32.7 Å². The number of primary amides is 1. The van der Waals surface area contributed by atoms with Gasteiger partial charge < -0.3 is 32.7 Å². The lowest BCUT2D eigenvalue weighted by molar-refractivity contribution is -0.139. The molecule has 0 spiro atoms. The smallest absolute Gasteiger partial charge is 0.246 e. The van der Waals surface area contributed by atoms with Crippen molar-refractivity contribution in [3.63, 3.8) is 0 Å². The molecule has 4 amide bonds. The van der Waals surface area contributed by atoms with Crippen molar-refractivity contribution in [2.75, 3.05) is 6.54 Å². The van der Waals surface area contributed by atoms with Gasteiger partial charge in [0.05, 0.1) is 0 Å². The van der Waals surface area contributed by atoms with Crippen LogP contribution in [0.15, 0.2) is 0 Å². The van der Waals surface area contributed by atoms with Crippen LogP contribution in [0, 0.1) is 5.41 Å². The maximum absolute atomic E-state index is 12.8. The standard InChI is InChI=1S/C17H31N7O4/c1-3-11(13(18)26)22-14(27)12(6-4-9-21-16(19)20)23-15(28)17(7-5-8-17)24-10(2)25/h11-12H,3-9H2,1-2H3,(H2,18,26)(H,22,27)(H,23,28)(H,24,25)(H4,19,20,21)/t11-,12-/m0/s1. The highest BCUT2D eigenvalue weighted by Crippen LogP contribution is 2.32. The van der Waals surface area contributed by atoms with Gasteiger partial charge in [-0.25, -0.2) is 0 Å². The molecule has 0 heterocycles. The molecule has 11 heteroatoms. The van der Waals surface area contributed by atoms with Crippen LogP contribution in [0.1, 0.15) is 52.4 Å².